The number of fused-ring (bicyclic) bond motifs is 1. The van der Waals surface area contributed by atoms with E-state index in [1.54, 1.807) is 19.1 Å². The average molecular weight is 273 g/mol. The smallest absolute Gasteiger partial charge is 0.415 e. The standard InChI is InChI=1S/C13H14F3NO2/c1-8(17-7-12(18)13(14,15)16)11-6-9-4-2-3-5-10(9)19-11/h2-6,8,12,17-18H,7H2,1H3/t8-,12+/m0/s1. The van der Waals surface area contributed by atoms with Crippen molar-refractivity contribution in [1.29, 1.82) is 0 Å². The van der Waals surface area contributed by atoms with Gasteiger partial charge < -0.3 is 14.8 Å². The third kappa shape index (κ3) is 3.27. The van der Waals surface area contributed by atoms with Crippen molar-refractivity contribution in [3.63, 3.8) is 0 Å². The summed E-state index contributed by atoms with van der Waals surface area (Å²) in [6.45, 7) is 1.11. The highest BCUT2D eigenvalue weighted by molar-refractivity contribution is 5.77. The molecule has 1 aromatic carbocycles. The molecule has 0 fully saturated rings. The van der Waals surface area contributed by atoms with Crippen LogP contribution in [0.3, 0.4) is 0 Å². The van der Waals surface area contributed by atoms with Crippen LogP contribution in [0.5, 0.6) is 0 Å². The predicted octanol–water partition coefficient (Wildman–Crippen LogP) is 3.01. The van der Waals surface area contributed by atoms with Crippen molar-refractivity contribution in [2.45, 2.75) is 25.2 Å². The van der Waals surface area contributed by atoms with Gasteiger partial charge in [0, 0.05) is 11.9 Å². The average Bonchev–Trinajstić information content (AvgIpc) is 2.78. The zero-order chi connectivity index (χ0) is 14.0. The molecule has 19 heavy (non-hydrogen) atoms. The second-order valence-corrected chi connectivity index (χ2v) is 4.37. The molecule has 2 atom stereocenters. The van der Waals surface area contributed by atoms with Crippen LogP contribution in [0.2, 0.25) is 0 Å². The number of aliphatic hydroxyl groups excluding tert-OH is 1. The molecule has 3 nitrogen and oxygen atoms in total. The van der Waals surface area contributed by atoms with Crippen LogP contribution in [0.1, 0.15) is 18.7 Å². The topological polar surface area (TPSA) is 45.4 Å². The Kier molecular flexibility index (Phi) is 3.82. The van der Waals surface area contributed by atoms with Gasteiger partial charge in [0.2, 0.25) is 0 Å². The van der Waals surface area contributed by atoms with Gasteiger partial charge in [-0.3, -0.25) is 0 Å². The molecule has 0 aliphatic carbocycles. The zero-order valence-corrected chi connectivity index (χ0v) is 10.2. The van der Waals surface area contributed by atoms with E-state index in [-0.39, 0.29) is 0 Å². The molecule has 0 radical (unpaired) electrons. The molecule has 1 heterocycles. The summed E-state index contributed by atoms with van der Waals surface area (Å²) >= 11 is 0. The molecule has 104 valence electrons. The number of hydrogen-bond acceptors (Lipinski definition) is 3. The molecule has 2 N–H and O–H groups in total. The summed E-state index contributed by atoms with van der Waals surface area (Å²) in [6.07, 6.45) is -6.99. The van der Waals surface area contributed by atoms with Gasteiger partial charge in [-0.2, -0.15) is 13.2 Å². The van der Waals surface area contributed by atoms with Crippen LogP contribution >= 0.6 is 0 Å². The fourth-order valence-electron chi connectivity index (χ4n) is 1.72. The minimum atomic E-state index is -4.61. The van der Waals surface area contributed by atoms with Crippen LogP contribution in [0.4, 0.5) is 13.2 Å². The molecule has 0 aliphatic rings. The van der Waals surface area contributed by atoms with Gasteiger partial charge in [-0.05, 0) is 19.1 Å². The largest absolute Gasteiger partial charge is 0.459 e. The maximum absolute atomic E-state index is 12.2. The zero-order valence-electron chi connectivity index (χ0n) is 10.2. The normalized spacial score (nSPS) is 15.6. The number of alkyl halides is 3. The molecule has 2 rings (SSSR count). The first-order chi connectivity index (χ1) is 8.88. The fourth-order valence-corrected chi connectivity index (χ4v) is 1.72. The number of para-hydroxylation sites is 1. The number of rotatable bonds is 4. The van der Waals surface area contributed by atoms with Crippen molar-refractivity contribution in [3.8, 4) is 0 Å². The van der Waals surface area contributed by atoms with Gasteiger partial charge >= 0.3 is 6.18 Å². The summed E-state index contributed by atoms with van der Waals surface area (Å²) in [5, 5.41) is 12.4. The number of benzene rings is 1. The van der Waals surface area contributed by atoms with E-state index in [1.807, 2.05) is 18.2 Å². The Bertz CT molecular complexity index is 517. The van der Waals surface area contributed by atoms with Crippen molar-refractivity contribution in [3.05, 3.63) is 36.1 Å². The number of hydrogen-bond donors (Lipinski definition) is 2. The van der Waals surface area contributed by atoms with Gasteiger partial charge in [0.25, 0.3) is 0 Å². The lowest BCUT2D eigenvalue weighted by Gasteiger charge is -2.17. The second-order valence-electron chi connectivity index (χ2n) is 4.37. The molecular weight excluding hydrogens is 259 g/mol. The van der Waals surface area contributed by atoms with E-state index >= 15 is 0 Å². The molecule has 6 heteroatoms. The van der Waals surface area contributed by atoms with E-state index in [4.69, 9.17) is 9.52 Å². The van der Waals surface area contributed by atoms with Crippen molar-refractivity contribution in [1.82, 2.24) is 5.32 Å². The minimum absolute atomic E-state index is 0.413. The van der Waals surface area contributed by atoms with Crippen molar-refractivity contribution in [2.24, 2.45) is 0 Å². The summed E-state index contributed by atoms with van der Waals surface area (Å²) in [6, 6.07) is 8.68. The summed E-state index contributed by atoms with van der Waals surface area (Å²) in [7, 11) is 0. The van der Waals surface area contributed by atoms with E-state index < -0.39 is 24.9 Å². The van der Waals surface area contributed by atoms with Crippen LogP contribution in [-0.2, 0) is 0 Å². The van der Waals surface area contributed by atoms with Gasteiger partial charge in [0.15, 0.2) is 6.10 Å². The van der Waals surface area contributed by atoms with Crippen LogP contribution in [0, 0.1) is 0 Å². The van der Waals surface area contributed by atoms with Gasteiger partial charge in [0.1, 0.15) is 11.3 Å². The summed E-state index contributed by atoms with van der Waals surface area (Å²) in [5.74, 6) is 0.538. The third-order valence-corrected chi connectivity index (χ3v) is 2.87. The van der Waals surface area contributed by atoms with Gasteiger partial charge in [-0.15, -0.1) is 0 Å². The number of nitrogens with one attached hydrogen (secondary N) is 1. The molecule has 0 saturated heterocycles. The van der Waals surface area contributed by atoms with Crippen LogP contribution in [0.25, 0.3) is 11.0 Å². The highest BCUT2D eigenvalue weighted by atomic mass is 19.4. The number of furan rings is 1. The second kappa shape index (κ2) is 5.22. The Morgan fingerprint density at radius 3 is 2.63 bits per heavy atom. The molecule has 0 saturated carbocycles. The maximum atomic E-state index is 12.2. The highest BCUT2D eigenvalue weighted by Gasteiger charge is 2.38. The Morgan fingerprint density at radius 1 is 1.32 bits per heavy atom. The molecule has 0 bridgehead atoms. The first kappa shape index (κ1) is 13.9. The molecular formula is C13H14F3NO2. The van der Waals surface area contributed by atoms with Crippen molar-refractivity contribution in [2.75, 3.05) is 6.54 Å². The summed E-state index contributed by atoms with van der Waals surface area (Å²) < 4.78 is 42.0. The quantitative estimate of drug-likeness (QED) is 0.900. The van der Waals surface area contributed by atoms with Gasteiger partial charge in [-0.25, -0.2) is 0 Å². The lowest BCUT2D eigenvalue weighted by atomic mass is 10.2. The summed E-state index contributed by atoms with van der Waals surface area (Å²) in [4.78, 5) is 0. The van der Waals surface area contributed by atoms with Gasteiger partial charge in [0.05, 0.1) is 6.04 Å². The lowest BCUT2D eigenvalue weighted by Crippen LogP contribution is -2.39. The molecule has 0 aliphatic heterocycles. The SMILES string of the molecule is C[C@H](NC[C@@H](O)C(F)(F)F)c1cc2ccccc2o1. The van der Waals surface area contributed by atoms with E-state index in [0.717, 1.165) is 5.39 Å². The van der Waals surface area contributed by atoms with Crippen molar-refractivity contribution < 1.29 is 22.7 Å². The lowest BCUT2D eigenvalue weighted by molar-refractivity contribution is -0.202. The molecule has 0 unspecified atom stereocenters. The highest BCUT2D eigenvalue weighted by Crippen LogP contribution is 2.24. The van der Waals surface area contributed by atoms with Gasteiger partial charge in [-0.1, -0.05) is 18.2 Å². The number of aliphatic hydroxyl groups is 1. The molecule has 2 aromatic rings. The fraction of sp³-hybridized carbons (Fsp3) is 0.385. The minimum Gasteiger partial charge on any atom is -0.459 e. The Hall–Kier alpha value is -1.53. The first-order valence-corrected chi connectivity index (χ1v) is 5.84. The number of halogens is 3. The molecule has 1 aromatic heterocycles. The van der Waals surface area contributed by atoms with E-state index in [9.17, 15) is 13.2 Å². The Labute approximate surface area is 108 Å². The predicted molar refractivity (Wildman–Crippen MR) is 64.7 cm³/mol. The van der Waals surface area contributed by atoms with Crippen LogP contribution < -0.4 is 5.32 Å². The summed E-state index contributed by atoms with van der Waals surface area (Å²) in [5.41, 5.74) is 0.683. The maximum Gasteiger partial charge on any atom is 0.415 e. The first-order valence-electron chi connectivity index (χ1n) is 5.84. The Morgan fingerprint density at radius 2 is 2.00 bits per heavy atom. The third-order valence-electron chi connectivity index (χ3n) is 2.87. The van der Waals surface area contributed by atoms with E-state index in [0.29, 0.717) is 11.3 Å². The molecule has 0 spiro atoms. The van der Waals surface area contributed by atoms with Crippen molar-refractivity contribution >= 4 is 11.0 Å². The van der Waals surface area contributed by atoms with Crippen LogP contribution in [0.15, 0.2) is 34.7 Å². The van der Waals surface area contributed by atoms with E-state index in [2.05, 4.69) is 5.32 Å². The Balaban J connectivity index is 2.02. The van der Waals surface area contributed by atoms with E-state index in [1.165, 1.54) is 0 Å². The van der Waals surface area contributed by atoms with Crippen LogP contribution in [-0.4, -0.2) is 23.9 Å². The monoisotopic (exact) mass is 273 g/mol. The molecule has 0 amide bonds.